The van der Waals surface area contributed by atoms with E-state index in [2.05, 4.69) is 13.8 Å². The summed E-state index contributed by atoms with van der Waals surface area (Å²) < 4.78 is 0. The summed E-state index contributed by atoms with van der Waals surface area (Å²) in [6, 6.07) is 0. The first-order valence-electron chi connectivity index (χ1n) is 4.22. The summed E-state index contributed by atoms with van der Waals surface area (Å²) in [6.07, 6.45) is 7.27. The van der Waals surface area contributed by atoms with Crippen molar-refractivity contribution in [1.29, 1.82) is 0 Å². The lowest BCUT2D eigenvalue weighted by atomic mass is 10.2. The van der Waals surface area contributed by atoms with Crippen molar-refractivity contribution in [3.63, 3.8) is 0 Å². The van der Waals surface area contributed by atoms with Crippen molar-refractivity contribution in [1.82, 2.24) is 0 Å². The van der Waals surface area contributed by atoms with E-state index in [-0.39, 0.29) is 0 Å². The average Bonchev–Trinajstić information content (AvgIpc) is 1.90. The van der Waals surface area contributed by atoms with Gasteiger partial charge in [0.25, 0.3) is 0 Å². The highest BCUT2D eigenvalue weighted by Crippen LogP contribution is 1.91. The molecule has 0 radical (unpaired) electrons. The fourth-order valence-electron chi connectivity index (χ4n) is 0.517. The van der Waals surface area contributed by atoms with Crippen LogP contribution in [0.1, 0.15) is 34.1 Å². The second kappa shape index (κ2) is 12.1. The van der Waals surface area contributed by atoms with Crippen LogP contribution in [0.2, 0.25) is 0 Å². The van der Waals surface area contributed by atoms with Crippen molar-refractivity contribution in [3.8, 4) is 0 Å². The number of allylic oxidation sites excluding steroid dienone is 3. The molecule has 2 N–H and O–H groups in total. The third-order valence-corrected chi connectivity index (χ3v) is 0.869. The van der Waals surface area contributed by atoms with Crippen LogP contribution in [-0.4, -0.2) is 6.54 Å². The van der Waals surface area contributed by atoms with Crippen LogP contribution in [0, 0.1) is 0 Å². The minimum absolute atomic E-state index is 0.635. The maximum absolute atomic E-state index is 5.25. The van der Waals surface area contributed by atoms with Crippen LogP contribution in [0.15, 0.2) is 23.8 Å². The maximum atomic E-state index is 5.25. The minimum Gasteiger partial charge on any atom is -0.327 e. The summed E-state index contributed by atoms with van der Waals surface area (Å²) in [7, 11) is 0. The summed E-state index contributed by atoms with van der Waals surface area (Å²) in [5.74, 6) is 0. The zero-order valence-electron chi connectivity index (χ0n) is 8.22. The first-order chi connectivity index (χ1) is 5.22. The van der Waals surface area contributed by atoms with Gasteiger partial charge in [-0.2, -0.15) is 0 Å². The maximum Gasteiger partial charge on any atom is 0.0112 e. The second-order valence-corrected chi connectivity index (χ2v) is 2.39. The monoisotopic (exact) mass is 155 g/mol. The van der Waals surface area contributed by atoms with Crippen molar-refractivity contribution in [3.05, 3.63) is 23.8 Å². The Morgan fingerprint density at radius 3 is 2.09 bits per heavy atom. The third kappa shape index (κ3) is 17.7. The van der Waals surface area contributed by atoms with Crippen LogP contribution in [0.4, 0.5) is 0 Å². The molecule has 0 saturated carbocycles. The van der Waals surface area contributed by atoms with E-state index in [4.69, 9.17) is 5.73 Å². The first kappa shape index (κ1) is 13.1. The Morgan fingerprint density at radius 1 is 1.36 bits per heavy atom. The largest absolute Gasteiger partial charge is 0.327 e. The minimum atomic E-state index is 0.635. The molecule has 1 nitrogen and oxygen atoms in total. The molecule has 11 heavy (non-hydrogen) atoms. The van der Waals surface area contributed by atoms with Crippen LogP contribution < -0.4 is 5.73 Å². The Morgan fingerprint density at radius 2 is 1.82 bits per heavy atom. The second-order valence-electron chi connectivity index (χ2n) is 2.39. The number of hydrogen-bond acceptors (Lipinski definition) is 1. The summed E-state index contributed by atoms with van der Waals surface area (Å²) >= 11 is 0. The number of hydrogen-bond donors (Lipinski definition) is 1. The average molecular weight is 155 g/mol. The van der Waals surface area contributed by atoms with Crippen LogP contribution >= 0.6 is 0 Å². The molecule has 0 amide bonds. The highest BCUT2D eigenvalue weighted by atomic mass is 14.5. The molecule has 0 spiro atoms. The predicted molar refractivity (Wildman–Crippen MR) is 53.6 cm³/mol. The SMILES string of the molecule is C/C=C\C(C)=C/CN.CCC. The summed E-state index contributed by atoms with van der Waals surface area (Å²) in [4.78, 5) is 0. The standard InChI is InChI=1S/C7H13N.C3H8/c1-3-4-7(2)5-6-8;1-3-2/h3-5H,6,8H2,1-2H3;3H2,1-2H3/b4-3-,7-5-;. The van der Waals surface area contributed by atoms with Gasteiger partial charge in [-0.1, -0.05) is 44.1 Å². The lowest BCUT2D eigenvalue weighted by molar-refractivity contribution is 1.09. The van der Waals surface area contributed by atoms with Gasteiger partial charge < -0.3 is 5.73 Å². The van der Waals surface area contributed by atoms with Gasteiger partial charge in [0.05, 0.1) is 0 Å². The van der Waals surface area contributed by atoms with Gasteiger partial charge in [0.15, 0.2) is 0 Å². The molecule has 66 valence electrons. The van der Waals surface area contributed by atoms with Gasteiger partial charge in [-0.25, -0.2) is 0 Å². The highest BCUT2D eigenvalue weighted by molar-refractivity contribution is 5.15. The molecule has 0 rings (SSSR count). The predicted octanol–water partition coefficient (Wildman–Crippen LogP) is 2.88. The Labute approximate surface area is 71.0 Å². The first-order valence-corrected chi connectivity index (χ1v) is 4.22. The molecule has 0 aliphatic heterocycles. The van der Waals surface area contributed by atoms with Crippen molar-refractivity contribution >= 4 is 0 Å². The Bertz CT molecular complexity index is 112. The molecule has 0 aromatic rings. The summed E-state index contributed by atoms with van der Waals surface area (Å²) in [6.45, 7) is 8.91. The van der Waals surface area contributed by atoms with Gasteiger partial charge in [-0.15, -0.1) is 0 Å². The summed E-state index contributed by atoms with van der Waals surface area (Å²) in [5, 5.41) is 0. The van der Waals surface area contributed by atoms with Gasteiger partial charge in [0, 0.05) is 6.54 Å². The zero-order valence-corrected chi connectivity index (χ0v) is 8.22. The van der Waals surface area contributed by atoms with E-state index in [1.165, 1.54) is 12.0 Å². The lowest BCUT2D eigenvalue weighted by Gasteiger charge is -1.85. The highest BCUT2D eigenvalue weighted by Gasteiger charge is 1.74. The molecule has 0 fully saturated rings. The van der Waals surface area contributed by atoms with E-state index >= 15 is 0 Å². The van der Waals surface area contributed by atoms with Crippen LogP contribution in [-0.2, 0) is 0 Å². The van der Waals surface area contributed by atoms with E-state index in [0.717, 1.165) is 0 Å². The molecule has 0 aromatic heterocycles. The fraction of sp³-hybridized carbons (Fsp3) is 0.600. The van der Waals surface area contributed by atoms with Crippen molar-refractivity contribution in [2.24, 2.45) is 5.73 Å². The van der Waals surface area contributed by atoms with Crippen LogP contribution in [0.5, 0.6) is 0 Å². The fourth-order valence-corrected chi connectivity index (χ4v) is 0.517. The molecular formula is C10H21N. The quantitative estimate of drug-likeness (QED) is 0.610. The number of nitrogens with two attached hydrogens (primary N) is 1. The van der Waals surface area contributed by atoms with E-state index in [9.17, 15) is 0 Å². The van der Waals surface area contributed by atoms with Crippen LogP contribution in [0.3, 0.4) is 0 Å². The normalized spacial score (nSPS) is 11.2. The van der Waals surface area contributed by atoms with Crippen molar-refractivity contribution in [2.75, 3.05) is 6.54 Å². The van der Waals surface area contributed by atoms with E-state index in [1.807, 2.05) is 32.1 Å². The molecule has 0 heterocycles. The van der Waals surface area contributed by atoms with E-state index < -0.39 is 0 Å². The van der Waals surface area contributed by atoms with E-state index in [1.54, 1.807) is 0 Å². The lowest BCUT2D eigenvalue weighted by Crippen LogP contribution is -1.93. The van der Waals surface area contributed by atoms with Crippen LogP contribution in [0.25, 0.3) is 0 Å². The summed E-state index contributed by atoms with van der Waals surface area (Å²) in [5.41, 5.74) is 6.48. The van der Waals surface area contributed by atoms with Gasteiger partial charge >= 0.3 is 0 Å². The Hall–Kier alpha value is -0.560. The van der Waals surface area contributed by atoms with Gasteiger partial charge in [-0.3, -0.25) is 0 Å². The Kier molecular flexibility index (Phi) is 14.4. The molecule has 0 bridgehead atoms. The molecule has 0 atom stereocenters. The van der Waals surface area contributed by atoms with Crippen molar-refractivity contribution in [2.45, 2.75) is 34.1 Å². The molecular weight excluding hydrogens is 134 g/mol. The molecule has 0 aromatic carbocycles. The van der Waals surface area contributed by atoms with Gasteiger partial charge in [0.1, 0.15) is 0 Å². The smallest absolute Gasteiger partial charge is 0.0112 e. The van der Waals surface area contributed by atoms with E-state index in [0.29, 0.717) is 6.54 Å². The molecule has 0 saturated heterocycles. The molecule has 0 aliphatic rings. The molecule has 1 heteroatoms. The Balaban J connectivity index is 0. The van der Waals surface area contributed by atoms with Gasteiger partial charge in [-0.05, 0) is 13.8 Å². The van der Waals surface area contributed by atoms with Gasteiger partial charge in [0.2, 0.25) is 0 Å². The number of rotatable bonds is 2. The third-order valence-electron chi connectivity index (χ3n) is 0.869. The van der Waals surface area contributed by atoms with Crippen molar-refractivity contribution < 1.29 is 0 Å². The molecule has 0 aliphatic carbocycles. The zero-order chi connectivity index (χ0) is 9.11. The molecule has 0 unspecified atom stereocenters. The topological polar surface area (TPSA) is 26.0 Å².